The van der Waals surface area contributed by atoms with Crippen molar-refractivity contribution in [2.45, 2.75) is 6.92 Å². The molecule has 110 valence electrons. The fraction of sp³-hybridized carbons (Fsp3) is 0.0588. The molecule has 1 aromatic heterocycles. The van der Waals surface area contributed by atoms with Crippen molar-refractivity contribution in [2.75, 3.05) is 5.32 Å². The van der Waals surface area contributed by atoms with Gasteiger partial charge in [0.05, 0.1) is 5.69 Å². The summed E-state index contributed by atoms with van der Waals surface area (Å²) in [5.41, 5.74) is 3.59. The topological polar surface area (TPSA) is 44.9 Å². The molecule has 0 aliphatic heterocycles. The van der Waals surface area contributed by atoms with Crippen LogP contribution in [-0.4, -0.2) is 10.9 Å². The third-order valence-electron chi connectivity index (χ3n) is 3.25. The molecule has 1 amide bonds. The first kappa shape index (κ1) is 14.7. The summed E-state index contributed by atoms with van der Waals surface area (Å²) < 4.78 is 0.637. The Hall–Kier alpha value is -2.24. The average molecular weight is 326 g/mol. The standard InChI is InChI=1S/C17H14N2OS2/c1-11-7-9-13(10-8-11)15(20)19-16-14(18-17(21)22-16)12-5-3-2-4-6-12/h2-10H,1H3,(H,18,21)(H,19,20). The van der Waals surface area contributed by atoms with Crippen molar-refractivity contribution in [3.63, 3.8) is 0 Å². The number of nitrogens with one attached hydrogen (secondary N) is 2. The van der Waals surface area contributed by atoms with Gasteiger partial charge in [0.15, 0.2) is 3.95 Å². The van der Waals surface area contributed by atoms with Gasteiger partial charge in [-0.05, 0) is 31.3 Å². The second-order valence-corrected chi connectivity index (χ2v) is 6.59. The molecule has 22 heavy (non-hydrogen) atoms. The van der Waals surface area contributed by atoms with Crippen LogP contribution >= 0.6 is 23.6 Å². The molecule has 0 aliphatic carbocycles. The van der Waals surface area contributed by atoms with Gasteiger partial charge >= 0.3 is 0 Å². The number of aromatic amines is 1. The monoisotopic (exact) mass is 326 g/mol. The highest BCUT2D eigenvalue weighted by Crippen LogP contribution is 2.31. The van der Waals surface area contributed by atoms with Crippen molar-refractivity contribution in [1.29, 1.82) is 0 Å². The van der Waals surface area contributed by atoms with Gasteiger partial charge in [-0.2, -0.15) is 0 Å². The number of anilines is 1. The zero-order valence-electron chi connectivity index (χ0n) is 11.9. The zero-order chi connectivity index (χ0) is 15.5. The maximum Gasteiger partial charge on any atom is 0.256 e. The van der Waals surface area contributed by atoms with Gasteiger partial charge in [-0.3, -0.25) is 4.79 Å². The summed E-state index contributed by atoms with van der Waals surface area (Å²) in [6.45, 7) is 1.99. The molecule has 0 unspecified atom stereocenters. The van der Waals surface area contributed by atoms with Crippen LogP contribution in [0.2, 0.25) is 0 Å². The number of hydrogen-bond donors (Lipinski definition) is 2. The zero-order valence-corrected chi connectivity index (χ0v) is 13.6. The number of rotatable bonds is 3. The van der Waals surface area contributed by atoms with Crippen molar-refractivity contribution >= 4 is 34.5 Å². The molecule has 5 heteroatoms. The fourth-order valence-corrected chi connectivity index (χ4v) is 3.21. The average Bonchev–Trinajstić information content (AvgIpc) is 2.89. The van der Waals surface area contributed by atoms with Gasteiger partial charge in [0.25, 0.3) is 5.91 Å². The molecule has 0 fully saturated rings. The highest BCUT2D eigenvalue weighted by molar-refractivity contribution is 7.73. The van der Waals surface area contributed by atoms with Gasteiger partial charge in [-0.1, -0.05) is 59.4 Å². The number of carbonyl (C=O) groups is 1. The molecule has 1 heterocycles. The molecular weight excluding hydrogens is 312 g/mol. The molecule has 0 atom stereocenters. The van der Waals surface area contributed by atoms with Crippen molar-refractivity contribution in [3.05, 3.63) is 69.7 Å². The van der Waals surface area contributed by atoms with Gasteiger partial charge in [-0.15, -0.1) is 0 Å². The fourth-order valence-electron chi connectivity index (χ4n) is 2.10. The van der Waals surface area contributed by atoms with Crippen LogP contribution in [0.4, 0.5) is 5.00 Å². The molecule has 0 spiro atoms. The van der Waals surface area contributed by atoms with Crippen molar-refractivity contribution in [1.82, 2.24) is 4.98 Å². The molecule has 3 aromatic rings. The number of carbonyl (C=O) groups excluding carboxylic acids is 1. The van der Waals surface area contributed by atoms with E-state index in [1.165, 1.54) is 11.3 Å². The lowest BCUT2D eigenvalue weighted by molar-refractivity contribution is 0.102. The van der Waals surface area contributed by atoms with Gasteiger partial charge in [0, 0.05) is 11.1 Å². The van der Waals surface area contributed by atoms with E-state index in [9.17, 15) is 4.79 Å². The largest absolute Gasteiger partial charge is 0.335 e. The van der Waals surface area contributed by atoms with E-state index in [1.807, 2.05) is 61.5 Å². The van der Waals surface area contributed by atoms with Crippen LogP contribution in [0, 0.1) is 10.9 Å². The Morgan fingerprint density at radius 1 is 1.09 bits per heavy atom. The van der Waals surface area contributed by atoms with E-state index in [0.717, 1.165) is 21.8 Å². The SMILES string of the molecule is Cc1ccc(C(=O)Nc2sc(=S)[nH]c2-c2ccccc2)cc1. The van der Waals surface area contributed by atoms with Crippen LogP contribution in [0.25, 0.3) is 11.3 Å². The maximum atomic E-state index is 12.4. The number of thiazole rings is 1. The summed E-state index contributed by atoms with van der Waals surface area (Å²) in [7, 11) is 0. The van der Waals surface area contributed by atoms with E-state index in [-0.39, 0.29) is 5.91 Å². The van der Waals surface area contributed by atoms with E-state index in [1.54, 1.807) is 0 Å². The number of H-pyrrole nitrogens is 1. The second kappa shape index (κ2) is 6.25. The molecule has 0 bridgehead atoms. The molecule has 3 rings (SSSR count). The minimum absolute atomic E-state index is 0.137. The van der Waals surface area contributed by atoms with Gasteiger partial charge in [0.2, 0.25) is 0 Å². The van der Waals surface area contributed by atoms with Crippen LogP contribution in [0.5, 0.6) is 0 Å². The number of aromatic nitrogens is 1. The second-order valence-electron chi connectivity index (χ2n) is 4.90. The lowest BCUT2D eigenvalue weighted by Gasteiger charge is -2.06. The lowest BCUT2D eigenvalue weighted by atomic mass is 10.1. The summed E-state index contributed by atoms with van der Waals surface area (Å²) in [6.07, 6.45) is 0. The Balaban J connectivity index is 1.91. The third kappa shape index (κ3) is 3.16. The molecule has 2 aromatic carbocycles. The predicted octanol–water partition coefficient (Wildman–Crippen LogP) is 5.03. The van der Waals surface area contributed by atoms with Crippen molar-refractivity contribution < 1.29 is 4.79 Å². The number of aryl methyl sites for hydroxylation is 1. The van der Waals surface area contributed by atoms with E-state index >= 15 is 0 Å². The number of hydrogen-bond acceptors (Lipinski definition) is 3. The van der Waals surface area contributed by atoms with Crippen LogP contribution in [0.3, 0.4) is 0 Å². The molecule has 0 saturated carbocycles. The Kier molecular flexibility index (Phi) is 4.18. The first-order valence-electron chi connectivity index (χ1n) is 6.80. The van der Waals surface area contributed by atoms with Crippen molar-refractivity contribution in [3.8, 4) is 11.3 Å². The van der Waals surface area contributed by atoms with Crippen LogP contribution in [0.15, 0.2) is 54.6 Å². The normalized spacial score (nSPS) is 10.4. The first-order chi connectivity index (χ1) is 10.6. The van der Waals surface area contributed by atoms with Gasteiger partial charge in [0.1, 0.15) is 5.00 Å². The Bertz CT molecular complexity index is 848. The highest BCUT2D eigenvalue weighted by atomic mass is 32.1. The smallest absolute Gasteiger partial charge is 0.256 e. The Labute approximate surface area is 137 Å². The maximum absolute atomic E-state index is 12.4. The molecule has 0 radical (unpaired) electrons. The summed E-state index contributed by atoms with van der Waals surface area (Å²) in [4.78, 5) is 15.5. The van der Waals surface area contributed by atoms with Crippen LogP contribution in [0.1, 0.15) is 15.9 Å². The van der Waals surface area contributed by atoms with Crippen LogP contribution < -0.4 is 5.32 Å². The molecule has 0 aliphatic rings. The number of amides is 1. The summed E-state index contributed by atoms with van der Waals surface area (Å²) in [6, 6.07) is 17.3. The molecule has 0 saturated heterocycles. The summed E-state index contributed by atoms with van der Waals surface area (Å²) >= 11 is 6.58. The number of benzene rings is 2. The Morgan fingerprint density at radius 3 is 2.45 bits per heavy atom. The molecular formula is C17H14N2OS2. The molecule has 3 nitrogen and oxygen atoms in total. The molecule has 2 N–H and O–H groups in total. The third-order valence-corrected chi connectivity index (χ3v) is 4.40. The lowest BCUT2D eigenvalue weighted by Crippen LogP contribution is -2.11. The quantitative estimate of drug-likeness (QED) is 0.663. The van der Waals surface area contributed by atoms with E-state index < -0.39 is 0 Å². The van der Waals surface area contributed by atoms with Crippen molar-refractivity contribution in [2.24, 2.45) is 0 Å². The van der Waals surface area contributed by atoms with E-state index in [4.69, 9.17) is 12.2 Å². The van der Waals surface area contributed by atoms with Crippen LogP contribution in [-0.2, 0) is 0 Å². The van der Waals surface area contributed by atoms with Gasteiger partial charge < -0.3 is 10.3 Å². The minimum atomic E-state index is -0.137. The summed E-state index contributed by atoms with van der Waals surface area (Å²) in [5, 5.41) is 3.69. The minimum Gasteiger partial charge on any atom is -0.335 e. The predicted molar refractivity (Wildman–Crippen MR) is 94.1 cm³/mol. The highest BCUT2D eigenvalue weighted by Gasteiger charge is 2.13. The first-order valence-corrected chi connectivity index (χ1v) is 8.02. The van der Waals surface area contributed by atoms with Gasteiger partial charge in [-0.25, -0.2) is 0 Å². The van der Waals surface area contributed by atoms with E-state index in [2.05, 4.69) is 10.3 Å². The van der Waals surface area contributed by atoms with E-state index in [0.29, 0.717) is 9.52 Å². The Morgan fingerprint density at radius 2 is 1.77 bits per heavy atom. The summed E-state index contributed by atoms with van der Waals surface area (Å²) in [5.74, 6) is -0.137.